The molecule has 150 valence electrons. The zero-order valence-corrected chi connectivity index (χ0v) is 17.3. The average molecular weight is 467 g/mol. The highest BCUT2D eigenvalue weighted by Crippen LogP contribution is 2.15. The summed E-state index contributed by atoms with van der Waals surface area (Å²) in [5.74, 6) is -0.681. The number of nitrogens with one attached hydrogen (secondary N) is 1. The van der Waals surface area contributed by atoms with Crippen LogP contribution in [0.2, 0.25) is 0 Å². The van der Waals surface area contributed by atoms with E-state index in [9.17, 15) is 14.0 Å². The Morgan fingerprint density at radius 1 is 1.03 bits per heavy atom. The Bertz CT molecular complexity index is 1290. The number of hydrogen-bond acceptors (Lipinski definition) is 4. The van der Waals surface area contributed by atoms with E-state index in [2.05, 4.69) is 31.2 Å². The van der Waals surface area contributed by atoms with E-state index in [1.807, 2.05) is 6.07 Å². The quantitative estimate of drug-likeness (QED) is 0.486. The van der Waals surface area contributed by atoms with Gasteiger partial charge in [-0.05, 0) is 53.6 Å². The maximum Gasteiger partial charge on any atom is 0.270 e. The van der Waals surface area contributed by atoms with Crippen molar-refractivity contribution in [2.24, 2.45) is 0 Å². The third kappa shape index (κ3) is 4.44. The van der Waals surface area contributed by atoms with Crippen LogP contribution in [0.5, 0.6) is 0 Å². The van der Waals surface area contributed by atoms with Gasteiger partial charge in [-0.15, -0.1) is 0 Å². The van der Waals surface area contributed by atoms with Gasteiger partial charge < -0.3 is 5.32 Å². The number of nitrogens with zero attached hydrogens (tertiary/aromatic N) is 3. The van der Waals surface area contributed by atoms with Gasteiger partial charge in [0.1, 0.15) is 11.5 Å². The Kier molecular flexibility index (Phi) is 5.67. The highest BCUT2D eigenvalue weighted by molar-refractivity contribution is 9.10. The van der Waals surface area contributed by atoms with Gasteiger partial charge in [0, 0.05) is 17.2 Å². The maximum atomic E-state index is 13.0. The Morgan fingerprint density at radius 3 is 2.63 bits per heavy atom. The molecule has 2 heterocycles. The molecule has 4 rings (SSSR count). The normalized spacial score (nSPS) is 10.9. The Balaban J connectivity index is 1.51. The van der Waals surface area contributed by atoms with E-state index in [1.165, 1.54) is 29.2 Å². The van der Waals surface area contributed by atoms with Crippen LogP contribution in [0.15, 0.2) is 76.4 Å². The number of carbonyl (C=O) groups is 1. The van der Waals surface area contributed by atoms with E-state index in [-0.39, 0.29) is 36.1 Å². The van der Waals surface area contributed by atoms with Gasteiger partial charge in [0.25, 0.3) is 11.5 Å². The fourth-order valence-corrected chi connectivity index (χ4v) is 3.37. The number of halogens is 2. The van der Waals surface area contributed by atoms with Crippen molar-refractivity contribution >= 4 is 32.7 Å². The van der Waals surface area contributed by atoms with E-state index >= 15 is 0 Å². The molecule has 0 atom stereocenters. The lowest BCUT2D eigenvalue weighted by Gasteiger charge is -2.09. The SMILES string of the molecule is O=C(NCc1ccc(F)cc1)c1cc(Cn2cnc3ccc(Br)cc3c2=O)ccn1. The van der Waals surface area contributed by atoms with Gasteiger partial charge in [-0.1, -0.05) is 28.1 Å². The van der Waals surface area contributed by atoms with E-state index in [1.54, 1.807) is 36.4 Å². The van der Waals surface area contributed by atoms with Gasteiger partial charge in [0.15, 0.2) is 0 Å². The van der Waals surface area contributed by atoms with Crippen molar-refractivity contribution in [3.8, 4) is 0 Å². The van der Waals surface area contributed by atoms with Gasteiger partial charge >= 0.3 is 0 Å². The van der Waals surface area contributed by atoms with Crippen molar-refractivity contribution in [1.29, 1.82) is 0 Å². The van der Waals surface area contributed by atoms with Crippen LogP contribution < -0.4 is 10.9 Å². The number of amides is 1. The number of hydrogen-bond donors (Lipinski definition) is 1. The molecule has 0 unspecified atom stereocenters. The van der Waals surface area contributed by atoms with Gasteiger partial charge in [0.2, 0.25) is 0 Å². The standard InChI is InChI=1S/C22H16BrFN4O2/c23-16-3-6-19-18(10-16)22(30)28(13-27-19)12-15-7-8-25-20(9-15)21(29)26-11-14-1-4-17(24)5-2-14/h1-10,13H,11-12H2,(H,26,29). The van der Waals surface area contributed by atoms with E-state index in [0.29, 0.717) is 10.9 Å². The molecular formula is C22H16BrFN4O2. The van der Waals surface area contributed by atoms with Gasteiger partial charge in [-0.25, -0.2) is 9.37 Å². The van der Waals surface area contributed by atoms with Crippen LogP contribution in [-0.2, 0) is 13.1 Å². The van der Waals surface area contributed by atoms with Crippen LogP contribution in [0.1, 0.15) is 21.6 Å². The van der Waals surface area contributed by atoms with Gasteiger partial charge in [0.05, 0.1) is 23.8 Å². The molecule has 0 saturated heterocycles. The second-order valence-electron chi connectivity index (χ2n) is 6.70. The fourth-order valence-electron chi connectivity index (χ4n) is 3.01. The molecule has 0 spiro atoms. The second kappa shape index (κ2) is 8.54. The first-order chi connectivity index (χ1) is 14.5. The van der Waals surface area contributed by atoms with Crippen molar-refractivity contribution in [3.05, 3.63) is 105 Å². The zero-order valence-electron chi connectivity index (χ0n) is 15.7. The summed E-state index contributed by atoms with van der Waals surface area (Å²) < 4.78 is 15.3. The molecule has 1 amide bonds. The minimum Gasteiger partial charge on any atom is -0.347 e. The highest BCUT2D eigenvalue weighted by atomic mass is 79.9. The number of aromatic nitrogens is 3. The predicted octanol–water partition coefficient (Wildman–Crippen LogP) is 3.67. The number of fused-ring (bicyclic) bond motifs is 1. The van der Waals surface area contributed by atoms with Crippen LogP contribution in [0.25, 0.3) is 10.9 Å². The lowest BCUT2D eigenvalue weighted by Crippen LogP contribution is -2.24. The summed E-state index contributed by atoms with van der Waals surface area (Å²) in [5, 5.41) is 3.27. The summed E-state index contributed by atoms with van der Waals surface area (Å²) in [6.45, 7) is 0.517. The largest absolute Gasteiger partial charge is 0.347 e. The van der Waals surface area contributed by atoms with E-state index in [4.69, 9.17) is 0 Å². The topological polar surface area (TPSA) is 76.9 Å². The molecule has 0 bridgehead atoms. The lowest BCUT2D eigenvalue weighted by atomic mass is 10.2. The molecule has 0 aliphatic rings. The van der Waals surface area contributed by atoms with E-state index in [0.717, 1.165) is 15.6 Å². The first-order valence-electron chi connectivity index (χ1n) is 9.12. The van der Waals surface area contributed by atoms with Gasteiger partial charge in [-0.2, -0.15) is 0 Å². The van der Waals surface area contributed by atoms with Crippen LogP contribution in [0.4, 0.5) is 4.39 Å². The zero-order chi connectivity index (χ0) is 21.1. The lowest BCUT2D eigenvalue weighted by molar-refractivity contribution is 0.0946. The van der Waals surface area contributed by atoms with Crippen LogP contribution in [-0.4, -0.2) is 20.4 Å². The first kappa shape index (κ1) is 19.9. The Hall–Kier alpha value is -3.39. The molecule has 0 saturated carbocycles. The predicted molar refractivity (Wildman–Crippen MR) is 115 cm³/mol. The van der Waals surface area contributed by atoms with Crippen LogP contribution in [0, 0.1) is 5.82 Å². The van der Waals surface area contributed by atoms with Crippen molar-refractivity contribution in [2.45, 2.75) is 13.1 Å². The molecule has 1 N–H and O–H groups in total. The number of carbonyl (C=O) groups excluding carboxylic acids is 1. The van der Waals surface area contributed by atoms with Crippen molar-refractivity contribution in [3.63, 3.8) is 0 Å². The minimum atomic E-state index is -0.353. The summed E-state index contributed by atoms with van der Waals surface area (Å²) in [4.78, 5) is 33.6. The average Bonchev–Trinajstić information content (AvgIpc) is 2.76. The molecule has 0 aliphatic heterocycles. The summed E-state index contributed by atoms with van der Waals surface area (Å²) in [6.07, 6.45) is 3.02. The number of benzene rings is 2. The molecule has 0 radical (unpaired) electrons. The summed E-state index contributed by atoms with van der Waals surface area (Å²) in [5.41, 5.74) is 2.21. The first-order valence-corrected chi connectivity index (χ1v) is 9.91. The molecular weight excluding hydrogens is 451 g/mol. The molecule has 2 aromatic carbocycles. The van der Waals surface area contributed by atoms with Crippen LogP contribution in [0.3, 0.4) is 0 Å². The molecule has 0 fully saturated rings. The molecule has 30 heavy (non-hydrogen) atoms. The molecule has 4 aromatic rings. The second-order valence-corrected chi connectivity index (χ2v) is 7.61. The summed E-state index contributed by atoms with van der Waals surface area (Å²) >= 11 is 3.37. The van der Waals surface area contributed by atoms with Crippen LogP contribution >= 0.6 is 15.9 Å². The smallest absolute Gasteiger partial charge is 0.270 e. The minimum absolute atomic E-state index is 0.166. The third-order valence-electron chi connectivity index (χ3n) is 4.56. The highest BCUT2D eigenvalue weighted by Gasteiger charge is 2.10. The Morgan fingerprint density at radius 2 is 1.83 bits per heavy atom. The summed E-state index contributed by atoms with van der Waals surface area (Å²) in [7, 11) is 0. The van der Waals surface area contributed by atoms with E-state index < -0.39 is 0 Å². The monoisotopic (exact) mass is 466 g/mol. The molecule has 2 aromatic heterocycles. The third-order valence-corrected chi connectivity index (χ3v) is 5.06. The molecule has 0 aliphatic carbocycles. The van der Waals surface area contributed by atoms with Crippen molar-refractivity contribution in [2.75, 3.05) is 0 Å². The number of rotatable bonds is 5. The van der Waals surface area contributed by atoms with Gasteiger partial charge in [-0.3, -0.25) is 19.1 Å². The summed E-state index contributed by atoms with van der Waals surface area (Å²) in [6, 6.07) is 14.6. The van der Waals surface area contributed by atoms with Crippen molar-refractivity contribution < 1.29 is 9.18 Å². The fraction of sp³-hybridized carbons (Fsp3) is 0.0909. The maximum absolute atomic E-state index is 13.0. The van der Waals surface area contributed by atoms with Crippen molar-refractivity contribution in [1.82, 2.24) is 19.9 Å². The molecule has 6 nitrogen and oxygen atoms in total. The number of pyridine rings is 1. The molecule has 8 heteroatoms. The Labute approximate surface area is 179 Å².